The summed E-state index contributed by atoms with van der Waals surface area (Å²) < 4.78 is 40.1. The average Bonchev–Trinajstić information content (AvgIpc) is 2.01. The second-order valence-corrected chi connectivity index (χ2v) is 2.46. The van der Waals surface area contributed by atoms with Gasteiger partial charge in [0, 0.05) is 6.54 Å². The summed E-state index contributed by atoms with van der Waals surface area (Å²) in [5.74, 6) is 0. The van der Waals surface area contributed by atoms with Gasteiger partial charge in [0.25, 0.3) is 0 Å². The van der Waals surface area contributed by atoms with Crippen molar-refractivity contribution in [2.75, 3.05) is 26.3 Å². The van der Waals surface area contributed by atoms with E-state index in [1.54, 1.807) is 0 Å². The number of rotatable bonds is 4. The highest BCUT2D eigenvalue weighted by Crippen LogP contribution is 2.16. The largest absolute Gasteiger partial charge is 0.450 e. The minimum absolute atomic E-state index is 0.00137. The van der Waals surface area contributed by atoms with E-state index in [2.05, 4.69) is 4.74 Å². The lowest BCUT2D eigenvalue weighted by Gasteiger charge is -2.21. The van der Waals surface area contributed by atoms with Gasteiger partial charge < -0.3 is 9.84 Å². The molecular formula is C7H12F3NO3. The first-order chi connectivity index (χ1) is 6.40. The van der Waals surface area contributed by atoms with Crippen LogP contribution in [0, 0.1) is 0 Å². The van der Waals surface area contributed by atoms with Crippen LogP contribution in [0.25, 0.3) is 0 Å². The van der Waals surface area contributed by atoms with Gasteiger partial charge in [0.2, 0.25) is 0 Å². The highest BCUT2D eigenvalue weighted by atomic mass is 19.4. The molecule has 0 fully saturated rings. The second-order valence-electron chi connectivity index (χ2n) is 2.46. The van der Waals surface area contributed by atoms with Gasteiger partial charge in [0.1, 0.15) is 6.54 Å². The van der Waals surface area contributed by atoms with E-state index >= 15 is 0 Å². The van der Waals surface area contributed by atoms with Crippen LogP contribution in [0.2, 0.25) is 0 Å². The molecule has 0 unspecified atom stereocenters. The number of ether oxygens (including phenoxy) is 1. The summed E-state index contributed by atoms with van der Waals surface area (Å²) in [5, 5.41) is 8.43. The van der Waals surface area contributed by atoms with E-state index < -0.39 is 32.0 Å². The quantitative estimate of drug-likeness (QED) is 0.761. The van der Waals surface area contributed by atoms with Crippen LogP contribution in [0.4, 0.5) is 18.0 Å². The second kappa shape index (κ2) is 5.69. The van der Waals surface area contributed by atoms with Crippen molar-refractivity contribution in [2.45, 2.75) is 13.1 Å². The van der Waals surface area contributed by atoms with Crippen LogP contribution in [0.3, 0.4) is 0 Å². The minimum atomic E-state index is -4.48. The summed E-state index contributed by atoms with van der Waals surface area (Å²) in [7, 11) is 0. The number of nitrogens with zero attached hydrogens (tertiary/aromatic N) is 1. The molecule has 0 saturated heterocycles. The Hall–Kier alpha value is -0.980. The van der Waals surface area contributed by atoms with Gasteiger partial charge in [-0.15, -0.1) is 0 Å². The maximum atomic E-state index is 11.9. The molecule has 0 bridgehead atoms. The molecule has 1 N–H and O–H groups in total. The Labute approximate surface area is 79.3 Å². The zero-order valence-electron chi connectivity index (χ0n) is 7.67. The summed E-state index contributed by atoms with van der Waals surface area (Å²) in [4.78, 5) is 11.3. The Morgan fingerprint density at radius 2 is 2.07 bits per heavy atom. The first-order valence-electron chi connectivity index (χ1n) is 4.00. The number of alkyl halides is 3. The molecule has 0 aromatic carbocycles. The smallest absolute Gasteiger partial charge is 0.410 e. The summed E-state index contributed by atoms with van der Waals surface area (Å²) in [5.41, 5.74) is 0. The van der Waals surface area contributed by atoms with E-state index in [9.17, 15) is 18.0 Å². The fraction of sp³-hybridized carbons (Fsp3) is 0.857. The van der Waals surface area contributed by atoms with Crippen molar-refractivity contribution >= 4 is 6.09 Å². The number of hydrogen-bond acceptors (Lipinski definition) is 3. The third-order valence-corrected chi connectivity index (χ3v) is 1.27. The predicted octanol–water partition coefficient (Wildman–Crippen LogP) is 0.999. The van der Waals surface area contributed by atoms with Crippen LogP contribution in [-0.2, 0) is 4.74 Å². The van der Waals surface area contributed by atoms with Crippen LogP contribution < -0.4 is 0 Å². The molecule has 0 heterocycles. The van der Waals surface area contributed by atoms with Crippen LogP contribution in [-0.4, -0.2) is 48.6 Å². The highest BCUT2D eigenvalue weighted by molar-refractivity contribution is 5.67. The Morgan fingerprint density at radius 3 is 2.43 bits per heavy atom. The van der Waals surface area contributed by atoms with Gasteiger partial charge in [-0.05, 0) is 6.92 Å². The highest BCUT2D eigenvalue weighted by Gasteiger charge is 2.33. The molecule has 4 nitrogen and oxygen atoms in total. The maximum absolute atomic E-state index is 11.9. The molecule has 84 valence electrons. The van der Waals surface area contributed by atoms with Crippen molar-refractivity contribution in [3.05, 3.63) is 0 Å². The monoisotopic (exact) mass is 215 g/mol. The van der Waals surface area contributed by atoms with Crippen LogP contribution in [0.5, 0.6) is 0 Å². The van der Waals surface area contributed by atoms with Gasteiger partial charge in [-0.2, -0.15) is 13.2 Å². The molecule has 0 aromatic rings. The van der Waals surface area contributed by atoms with Crippen LogP contribution in [0.1, 0.15) is 6.92 Å². The summed E-state index contributed by atoms with van der Waals surface area (Å²) in [6.45, 7) is -0.846. The molecule has 0 aliphatic rings. The normalized spacial score (nSPS) is 11.2. The zero-order chi connectivity index (χ0) is 11.2. The van der Waals surface area contributed by atoms with Crippen molar-refractivity contribution in [2.24, 2.45) is 0 Å². The third kappa shape index (κ3) is 5.63. The average molecular weight is 215 g/mol. The maximum Gasteiger partial charge on any atom is 0.410 e. The first kappa shape index (κ1) is 13.0. The number of hydrogen-bond donors (Lipinski definition) is 1. The molecule has 14 heavy (non-hydrogen) atoms. The predicted molar refractivity (Wildman–Crippen MR) is 41.7 cm³/mol. The minimum Gasteiger partial charge on any atom is -0.450 e. The standard InChI is InChI=1S/C7H12F3NO3/c1-2-14-6(13)11(3-4-12)5-7(8,9)10/h12H,2-5H2,1H3. The molecule has 0 atom stereocenters. The number of aliphatic hydroxyl groups is 1. The molecule has 7 heteroatoms. The SMILES string of the molecule is CCOC(=O)N(CCO)CC(F)(F)F. The van der Waals surface area contributed by atoms with E-state index in [1.165, 1.54) is 6.92 Å². The zero-order valence-corrected chi connectivity index (χ0v) is 7.67. The Kier molecular flexibility index (Phi) is 5.29. The van der Waals surface area contributed by atoms with Crippen molar-refractivity contribution in [1.29, 1.82) is 0 Å². The Balaban J connectivity index is 4.21. The van der Waals surface area contributed by atoms with Gasteiger partial charge >= 0.3 is 12.3 Å². The number of amides is 1. The van der Waals surface area contributed by atoms with Gasteiger partial charge in [0.05, 0.1) is 13.2 Å². The number of aliphatic hydroxyl groups excluding tert-OH is 1. The van der Waals surface area contributed by atoms with Crippen molar-refractivity contribution in [3.8, 4) is 0 Å². The summed E-state index contributed by atoms with van der Waals surface area (Å²) >= 11 is 0. The number of carbonyl (C=O) groups is 1. The lowest BCUT2D eigenvalue weighted by molar-refractivity contribution is -0.143. The van der Waals surface area contributed by atoms with Crippen molar-refractivity contribution < 1.29 is 27.8 Å². The van der Waals surface area contributed by atoms with Crippen LogP contribution in [0.15, 0.2) is 0 Å². The fourth-order valence-corrected chi connectivity index (χ4v) is 0.787. The third-order valence-electron chi connectivity index (χ3n) is 1.27. The van der Waals surface area contributed by atoms with Gasteiger partial charge in [-0.25, -0.2) is 4.79 Å². The molecule has 0 saturated carbocycles. The summed E-state index contributed by atoms with van der Waals surface area (Å²) in [6, 6.07) is 0. The van der Waals surface area contributed by atoms with Gasteiger partial charge in [-0.1, -0.05) is 0 Å². The molecule has 0 aliphatic heterocycles. The molecule has 0 radical (unpaired) electrons. The summed E-state index contributed by atoms with van der Waals surface area (Å²) in [6.07, 6.45) is -5.55. The number of carbonyl (C=O) groups excluding carboxylic acids is 1. The molecule has 0 aliphatic carbocycles. The molecule has 1 amide bonds. The molecule has 0 spiro atoms. The van der Waals surface area contributed by atoms with Gasteiger partial charge in [-0.3, -0.25) is 4.90 Å². The van der Waals surface area contributed by atoms with E-state index in [0.717, 1.165) is 0 Å². The van der Waals surface area contributed by atoms with E-state index in [-0.39, 0.29) is 6.61 Å². The molecule has 0 aromatic heterocycles. The topological polar surface area (TPSA) is 49.8 Å². The number of halogens is 3. The van der Waals surface area contributed by atoms with E-state index in [4.69, 9.17) is 5.11 Å². The Morgan fingerprint density at radius 1 is 1.50 bits per heavy atom. The van der Waals surface area contributed by atoms with Crippen molar-refractivity contribution in [3.63, 3.8) is 0 Å². The van der Waals surface area contributed by atoms with E-state index in [0.29, 0.717) is 4.90 Å². The Bertz CT molecular complexity index is 184. The lowest BCUT2D eigenvalue weighted by Crippen LogP contribution is -2.40. The molecule has 0 rings (SSSR count). The van der Waals surface area contributed by atoms with Gasteiger partial charge in [0.15, 0.2) is 0 Å². The fourth-order valence-electron chi connectivity index (χ4n) is 0.787. The lowest BCUT2D eigenvalue weighted by atomic mass is 10.5. The van der Waals surface area contributed by atoms with Crippen LogP contribution >= 0.6 is 0 Å². The first-order valence-corrected chi connectivity index (χ1v) is 4.00. The van der Waals surface area contributed by atoms with E-state index in [1.807, 2.05) is 0 Å². The van der Waals surface area contributed by atoms with Crippen molar-refractivity contribution in [1.82, 2.24) is 4.90 Å². The molecular weight excluding hydrogens is 203 g/mol.